The summed E-state index contributed by atoms with van der Waals surface area (Å²) in [5, 5.41) is 8.46. The van der Waals surface area contributed by atoms with Crippen molar-refractivity contribution >= 4 is 19.9 Å². The van der Waals surface area contributed by atoms with Gasteiger partial charge in [0.15, 0.2) is 0 Å². The first kappa shape index (κ1) is 18.8. The smallest absolute Gasteiger partial charge is 0.211 e. The number of unbranched alkanes of at least 4 members (excludes halogenated alkanes) is 1. The number of hydrogen-bond acceptors (Lipinski definition) is 6. The fraction of sp³-hybridized carbons (Fsp3) is 1.00. The third kappa shape index (κ3) is 14.0. The van der Waals surface area contributed by atoms with Crippen LogP contribution in [0.15, 0.2) is 0 Å². The van der Waals surface area contributed by atoms with Crippen LogP contribution in [-0.4, -0.2) is 66.1 Å². The molecule has 0 aromatic rings. The maximum atomic E-state index is 11.5. The van der Waals surface area contributed by atoms with Gasteiger partial charge in [-0.2, -0.15) is 0 Å². The largest absolute Gasteiger partial charge is 0.394 e. The molecule has 0 atom stereocenters. The molecule has 0 heterocycles. The van der Waals surface area contributed by atoms with Gasteiger partial charge in [0.1, 0.15) is 9.84 Å². The van der Waals surface area contributed by atoms with Crippen molar-refractivity contribution in [3.63, 3.8) is 0 Å². The summed E-state index contributed by atoms with van der Waals surface area (Å²) in [4.78, 5) is 0. The van der Waals surface area contributed by atoms with Crippen molar-refractivity contribution in [2.45, 2.75) is 19.3 Å². The van der Waals surface area contributed by atoms with Crippen LogP contribution in [-0.2, 0) is 24.6 Å². The SMILES string of the molecule is CS(=O)(=O)CCCS(=O)(=O)NCCCCOCCO. The molecule has 2 N–H and O–H groups in total. The molecule has 0 unspecified atom stereocenters. The van der Waals surface area contributed by atoms with Crippen molar-refractivity contribution in [2.24, 2.45) is 0 Å². The van der Waals surface area contributed by atoms with Crippen molar-refractivity contribution in [3.8, 4) is 0 Å². The van der Waals surface area contributed by atoms with Gasteiger partial charge in [0, 0.05) is 19.4 Å². The first-order chi connectivity index (χ1) is 8.77. The lowest BCUT2D eigenvalue weighted by Gasteiger charge is -2.06. The molecule has 9 heteroatoms. The Labute approximate surface area is 115 Å². The fourth-order valence-electron chi connectivity index (χ4n) is 1.31. The zero-order valence-electron chi connectivity index (χ0n) is 11.2. The Balaban J connectivity index is 3.63. The number of hydrogen-bond donors (Lipinski definition) is 2. The van der Waals surface area contributed by atoms with Gasteiger partial charge >= 0.3 is 0 Å². The van der Waals surface area contributed by atoms with Crippen LogP contribution >= 0.6 is 0 Å². The Morgan fingerprint density at radius 1 is 1.00 bits per heavy atom. The molecule has 0 saturated carbocycles. The molecule has 0 aliphatic heterocycles. The van der Waals surface area contributed by atoms with Crippen molar-refractivity contribution in [3.05, 3.63) is 0 Å². The van der Waals surface area contributed by atoms with Gasteiger partial charge in [0.05, 0.1) is 24.7 Å². The molecule has 0 radical (unpaired) electrons. The first-order valence-corrected chi connectivity index (χ1v) is 9.82. The minimum absolute atomic E-state index is 0.0209. The van der Waals surface area contributed by atoms with E-state index < -0.39 is 19.9 Å². The molecule has 19 heavy (non-hydrogen) atoms. The van der Waals surface area contributed by atoms with Crippen LogP contribution in [0.1, 0.15) is 19.3 Å². The van der Waals surface area contributed by atoms with E-state index in [-0.39, 0.29) is 31.1 Å². The standard InChI is InChI=1S/C10H23NO6S2/c1-18(13,14)9-4-10-19(15,16)11-5-2-3-7-17-8-6-12/h11-12H,2-10H2,1H3. The minimum atomic E-state index is -3.40. The topological polar surface area (TPSA) is 110 Å². The second-order valence-electron chi connectivity index (χ2n) is 4.24. The first-order valence-electron chi connectivity index (χ1n) is 6.10. The molecule has 0 aromatic heterocycles. The maximum Gasteiger partial charge on any atom is 0.211 e. The van der Waals surface area contributed by atoms with Crippen LogP contribution in [0.4, 0.5) is 0 Å². The highest BCUT2D eigenvalue weighted by atomic mass is 32.2. The van der Waals surface area contributed by atoms with Crippen molar-refractivity contribution < 1.29 is 26.7 Å². The Bertz CT molecular complexity index is 417. The lowest BCUT2D eigenvalue weighted by molar-refractivity contribution is 0.0900. The van der Waals surface area contributed by atoms with Gasteiger partial charge in [0.2, 0.25) is 10.0 Å². The number of rotatable bonds is 12. The lowest BCUT2D eigenvalue weighted by Crippen LogP contribution is -2.28. The molecule has 0 rings (SSSR count). The Kier molecular flexibility index (Phi) is 9.54. The van der Waals surface area contributed by atoms with Gasteiger partial charge < -0.3 is 9.84 Å². The predicted octanol–water partition coefficient (Wildman–Crippen LogP) is -0.870. The molecular weight excluding hydrogens is 294 g/mol. The third-order valence-corrected chi connectivity index (χ3v) is 4.70. The van der Waals surface area contributed by atoms with Crippen LogP contribution in [0.25, 0.3) is 0 Å². The van der Waals surface area contributed by atoms with E-state index in [0.29, 0.717) is 26.0 Å². The van der Waals surface area contributed by atoms with E-state index >= 15 is 0 Å². The zero-order valence-corrected chi connectivity index (χ0v) is 12.8. The van der Waals surface area contributed by atoms with E-state index in [2.05, 4.69) is 4.72 Å². The highest BCUT2D eigenvalue weighted by molar-refractivity contribution is 7.91. The molecule has 116 valence electrons. The molecule has 0 bridgehead atoms. The molecule has 0 aliphatic rings. The minimum Gasteiger partial charge on any atom is -0.394 e. The molecule has 0 aliphatic carbocycles. The summed E-state index contributed by atoms with van der Waals surface area (Å²) in [6.45, 7) is 1.06. The summed E-state index contributed by atoms with van der Waals surface area (Å²) in [6.07, 6.45) is 2.52. The summed E-state index contributed by atoms with van der Waals surface area (Å²) < 4.78 is 52.1. The normalized spacial score (nSPS) is 12.7. The van der Waals surface area contributed by atoms with E-state index in [1.54, 1.807) is 0 Å². The molecular formula is C10H23NO6S2. The van der Waals surface area contributed by atoms with Crippen molar-refractivity contribution in [1.29, 1.82) is 0 Å². The van der Waals surface area contributed by atoms with E-state index in [4.69, 9.17) is 9.84 Å². The summed E-state index contributed by atoms with van der Waals surface area (Å²) in [5.41, 5.74) is 0. The Morgan fingerprint density at radius 3 is 2.26 bits per heavy atom. The second-order valence-corrected chi connectivity index (χ2v) is 8.43. The second kappa shape index (κ2) is 9.65. The number of sulfonamides is 1. The van der Waals surface area contributed by atoms with Gasteiger partial charge in [-0.25, -0.2) is 21.6 Å². The number of aliphatic hydroxyl groups excluding tert-OH is 1. The van der Waals surface area contributed by atoms with E-state index in [1.165, 1.54) is 0 Å². The van der Waals surface area contributed by atoms with Crippen LogP contribution in [0.5, 0.6) is 0 Å². The average molecular weight is 317 g/mol. The quantitative estimate of drug-likeness (QED) is 0.453. The van der Waals surface area contributed by atoms with Gasteiger partial charge in [0.25, 0.3) is 0 Å². The zero-order chi connectivity index (χ0) is 14.8. The van der Waals surface area contributed by atoms with E-state index in [1.807, 2.05) is 0 Å². The number of aliphatic hydroxyl groups is 1. The average Bonchev–Trinajstić information content (AvgIpc) is 2.25. The number of nitrogens with one attached hydrogen (secondary N) is 1. The molecule has 0 amide bonds. The van der Waals surface area contributed by atoms with Gasteiger partial charge in [-0.05, 0) is 19.3 Å². The summed E-state index contributed by atoms with van der Waals surface area (Å²) in [5.74, 6) is -0.302. The molecule has 0 fully saturated rings. The highest BCUT2D eigenvalue weighted by Gasteiger charge is 2.11. The van der Waals surface area contributed by atoms with E-state index in [9.17, 15) is 16.8 Å². The molecule has 0 saturated heterocycles. The summed E-state index contributed by atoms with van der Waals surface area (Å²) in [6, 6.07) is 0. The number of ether oxygens (including phenoxy) is 1. The van der Waals surface area contributed by atoms with Crippen molar-refractivity contribution in [1.82, 2.24) is 4.72 Å². The highest BCUT2D eigenvalue weighted by Crippen LogP contribution is 1.95. The summed E-state index contributed by atoms with van der Waals surface area (Å²) in [7, 11) is -6.51. The van der Waals surface area contributed by atoms with Gasteiger partial charge in [-0.15, -0.1) is 0 Å². The van der Waals surface area contributed by atoms with Crippen LogP contribution in [0.2, 0.25) is 0 Å². The molecule has 0 aromatic carbocycles. The van der Waals surface area contributed by atoms with Crippen molar-refractivity contribution in [2.75, 3.05) is 44.1 Å². The fourth-order valence-corrected chi connectivity index (χ4v) is 3.28. The van der Waals surface area contributed by atoms with Crippen LogP contribution in [0.3, 0.4) is 0 Å². The van der Waals surface area contributed by atoms with E-state index in [0.717, 1.165) is 6.26 Å². The van der Waals surface area contributed by atoms with Gasteiger partial charge in [-0.1, -0.05) is 0 Å². The lowest BCUT2D eigenvalue weighted by atomic mass is 10.3. The Morgan fingerprint density at radius 2 is 1.68 bits per heavy atom. The van der Waals surface area contributed by atoms with Crippen LogP contribution in [0, 0.1) is 0 Å². The maximum absolute atomic E-state index is 11.5. The Hall–Kier alpha value is -0.220. The molecule has 7 nitrogen and oxygen atoms in total. The predicted molar refractivity (Wildman–Crippen MR) is 73.3 cm³/mol. The monoisotopic (exact) mass is 317 g/mol. The summed E-state index contributed by atoms with van der Waals surface area (Å²) >= 11 is 0. The third-order valence-electron chi connectivity index (χ3n) is 2.20. The number of sulfone groups is 1. The van der Waals surface area contributed by atoms with Crippen LogP contribution < -0.4 is 4.72 Å². The van der Waals surface area contributed by atoms with Gasteiger partial charge in [-0.3, -0.25) is 0 Å². The molecule has 0 spiro atoms.